The van der Waals surface area contributed by atoms with Crippen molar-refractivity contribution >= 4 is 15.9 Å². The molecular formula is C26H39BrF2O. The number of hydrogen-bond acceptors (Lipinski definition) is 1. The Morgan fingerprint density at radius 3 is 2.17 bits per heavy atom. The van der Waals surface area contributed by atoms with Crippen molar-refractivity contribution in [2.24, 2.45) is 17.8 Å². The van der Waals surface area contributed by atoms with Crippen molar-refractivity contribution in [3.63, 3.8) is 0 Å². The second-order valence-electron chi connectivity index (χ2n) is 9.56. The van der Waals surface area contributed by atoms with Crippen molar-refractivity contribution in [3.8, 4) is 5.75 Å². The van der Waals surface area contributed by atoms with Gasteiger partial charge in [-0.1, -0.05) is 67.4 Å². The molecule has 0 amide bonds. The Morgan fingerprint density at radius 2 is 1.53 bits per heavy atom. The molecule has 0 bridgehead atoms. The monoisotopic (exact) mass is 484 g/mol. The average molecular weight is 485 g/mol. The number of alkyl halides is 1. The molecule has 170 valence electrons. The van der Waals surface area contributed by atoms with Gasteiger partial charge >= 0.3 is 0 Å². The molecule has 2 fully saturated rings. The molecule has 0 aliphatic heterocycles. The molecule has 3 rings (SSSR count). The minimum Gasteiger partial charge on any atom is -0.490 e. The summed E-state index contributed by atoms with van der Waals surface area (Å²) >= 11 is 3.32. The van der Waals surface area contributed by atoms with Crippen molar-refractivity contribution in [2.45, 2.75) is 96.3 Å². The SMILES string of the molecule is CCCCCC1CCC(C2CCC(c3ccc(OCCCBr)c(F)c3F)CC2)CC1. The maximum absolute atomic E-state index is 14.7. The Labute approximate surface area is 190 Å². The van der Waals surface area contributed by atoms with Crippen molar-refractivity contribution in [3.05, 3.63) is 29.3 Å². The quantitative estimate of drug-likeness (QED) is 0.238. The van der Waals surface area contributed by atoms with Crippen LogP contribution < -0.4 is 4.74 Å². The average Bonchev–Trinajstić information content (AvgIpc) is 2.78. The molecule has 0 saturated heterocycles. The Hall–Kier alpha value is -0.640. The van der Waals surface area contributed by atoms with Crippen LogP contribution in [-0.4, -0.2) is 11.9 Å². The molecule has 2 aliphatic rings. The van der Waals surface area contributed by atoms with Gasteiger partial charge in [0.15, 0.2) is 11.6 Å². The van der Waals surface area contributed by atoms with Crippen LogP contribution in [0, 0.1) is 29.4 Å². The van der Waals surface area contributed by atoms with Gasteiger partial charge < -0.3 is 4.74 Å². The highest BCUT2D eigenvalue weighted by Crippen LogP contribution is 2.45. The maximum Gasteiger partial charge on any atom is 0.200 e. The summed E-state index contributed by atoms with van der Waals surface area (Å²) in [7, 11) is 0. The number of halogens is 3. The van der Waals surface area contributed by atoms with Gasteiger partial charge in [-0.25, -0.2) is 4.39 Å². The molecule has 0 unspecified atom stereocenters. The van der Waals surface area contributed by atoms with E-state index in [0.717, 1.165) is 42.3 Å². The molecule has 30 heavy (non-hydrogen) atoms. The van der Waals surface area contributed by atoms with Gasteiger partial charge in [-0.15, -0.1) is 0 Å². The predicted molar refractivity (Wildman–Crippen MR) is 125 cm³/mol. The van der Waals surface area contributed by atoms with E-state index in [9.17, 15) is 8.78 Å². The lowest BCUT2D eigenvalue weighted by Gasteiger charge is -2.38. The van der Waals surface area contributed by atoms with Crippen LogP contribution in [0.4, 0.5) is 8.78 Å². The summed E-state index contributed by atoms with van der Waals surface area (Å²) < 4.78 is 34.6. The van der Waals surface area contributed by atoms with Gasteiger partial charge in [-0.2, -0.15) is 4.39 Å². The lowest BCUT2D eigenvalue weighted by atomic mass is 9.68. The van der Waals surface area contributed by atoms with E-state index in [4.69, 9.17) is 4.74 Å². The summed E-state index contributed by atoms with van der Waals surface area (Å²) in [6.07, 6.45) is 16.2. The van der Waals surface area contributed by atoms with Gasteiger partial charge in [0, 0.05) is 5.33 Å². The zero-order valence-corrected chi connectivity index (χ0v) is 20.2. The summed E-state index contributed by atoms with van der Waals surface area (Å²) in [6, 6.07) is 3.38. The molecule has 1 nitrogen and oxygen atoms in total. The van der Waals surface area contributed by atoms with Gasteiger partial charge in [0.25, 0.3) is 0 Å². The van der Waals surface area contributed by atoms with Gasteiger partial charge in [0.2, 0.25) is 5.82 Å². The van der Waals surface area contributed by atoms with Gasteiger partial charge in [0.1, 0.15) is 0 Å². The van der Waals surface area contributed by atoms with E-state index >= 15 is 0 Å². The van der Waals surface area contributed by atoms with Crippen LogP contribution >= 0.6 is 15.9 Å². The predicted octanol–water partition coefficient (Wildman–Crippen LogP) is 8.79. The van der Waals surface area contributed by atoms with Gasteiger partial charge in [-0.05, 0) is 80.2 Å². The molecule has 0 radical (unpaired) electrons. The number of ether oxygens (including phenoxy) is 1. The first-order valence-electron chi connectivity index (χ1n) is 12.3. The highest BCUT2D eigenvalue weighted by atomic mass is 79.9. The summed E-state index contributed by atoms with van der Waals surface area (Å²) in [5.74, 6) is 1.29. The van der Waals surface area contributed by atoms with Crippen molar-refractivity contribution in [2.75, 3.05) is 11.9 Å². The van der Waals surface area contributed by atoms with E-state index in [0.29, 0.717) is 12.2 Å². The number of unbranched alkanes of at least 4 members (excludes halogenated alkanes) is 2. The molecule has 0 atom stereocenters. The standard InChI is InChI=1S/C26H39BrF2O/c1-2-3-4-6-19-7-9-20(10-8-19)21-11-13-22(14-12-21)23-15-16-24(26(29)25(23)28)30-18-5-17-27/h15-16,19-22H,2-14,17-18H2,1H3. The van der Waals surface area contributed by atoms with Crippen molar-refractivity contribution in [1.29, 1.82) is 0 Å². The first kappa shape index (κ1) is 24.0. The van der Waals surface area contributed by atoms with Crippen molar-refractivity contribution in [1.82, 2.24) is 0 Å². The molecule has 2 aliphatic carbocycles. The Kier molecular flexibility index (Phi) is 9.93. The Bertz CT molecular complexity index is 634. The first-order valence-corrected chi connectivity index (χ1v) is 13.4. The second kappa shape index (κ2) is 12.4. The molecule has 2 saturated carbocycles. The van der Waals surface area contributed by atoms with E-state index in [1.807, 2.05) is 0 Å². The normalized spacial score (nSPS) is 27.2. The minimum atomic E-state index is -0.814. The number of hydrogen-bond donors (Lipinski definition) is 0. The molecule has 0 spiro atoms. The number of benzene rings is 1. The second-order valence-corrected chi connectivity index (χ2v) is 10.4. The Morgan fingerprint density at radius 1 is 0.867 bits per heavy atom. The van der Waals surface area contributed by atoms with E-state index < -0.39 is 11.6 Å². The lowest BCUT2D eigenvalue weighted by Crippen LogP contribution is -2.25. The van der Waals surface area contributed by atoms with E-state index in [2.05, 4.69) is 22.9 Å². The molecule has 0 N–H and O–H groups in total. The van der Waals surface area contributed by atoms with Crippen LogP contribution in [-0.2, 0) is 0 Å². The molecule has 0 aromatic heterocycles. The summed E-state index contributed by atoms with van der Waals surface area (Å²) in [6.45, 7) is 2.68. The molecule has 1 aromatic rings. The zero-order valence-electron chi connectivity index (χ0n) is 18.6. The maximum atomic E-state index is 14.7. The van der Waals surface area contributed by atoms with E-state index in [1.165, 1.54) is 64.2 Å². The smallest absolute Gasteiger partial charge is 0.200 e. The molecule has 0 heterocycles. The topological polar surface area (TPSA) is 9.23 Å². The van der Waals surface area contributed by atoms with Crippen LogP contribution in [0.25, 0.3) is 0 Å². The van der Waals surface area contributed by atoms with Crippen LogP contribution in [0.2, 0.25) is 0 Å². The summed E-state index contributed by atoms with van der Waals surface area (Å²) in [5.41, 5.74) is 0.554. The van der Waals surface area contributed by atoms with E-state index in [1.54, 1.807) is 12.1 Å². The number of rotatable bonds is 10. The third kappa shape index (κ3) is 6.43. The lowest BCUT2D eigenvalue weighted by molar-refractivity contribution is 0.155. The fourth-order valence-electron chi connectivity index (χ4n) is 5.74. The summed E-state index contributed by atoms with van der Waals surface area (Å²) in [4.78, 5) is 0. The highest BCUT2D eigenvalue weighted by molar-refractivity contribution is 9.09. The molecule has 1 aromatic carbocycles. The van der Waals surface area contributed by atoms with Crippen LogP contribution in [0.5, 0.6) is 5.75 Å². The minimum absolute atomic E-state index is 0.0431. The van der Waals surface area contributed by atoms with Gasteiger partial charge in [0.05, 0.1) is 6.61 Å². The van der Waals surface area contributed by atoms with Crippen LogP contribution in [0.15, 0.2) is 12.1 Å². The van der Waals surface area contributed by atoms with Crippen LogP contribution in [0.3, 0.4) is 0 Å². The summed E-state index contributed by atoms with van der Waals surface area (Å²) in [5, 5.41) is 0.791. The van der Waals surface area contributed by atoms with E-state index in [-0.39, 0.29) is 11.7 Å². The molecular weight excluding hydrogens is 446 g/mol. The fourth-order valence-corrected chi connectivity index (χ4v) is 5.97. The largest absolute Gasteiger partial charge is 0.490 e. The van der Waals surface area contributed by atoms with Gasteiger partial charge in [-0.3, -0.25) is 0 Å². The van der Waals surface area contributed by atoms with Crippen molar-refractivity contribution < 1.29 is 13.5 Å². The molecule has 4 heteroatoms. The first-order chi connectivity index (χ1) is 14.6. The Balaban J connectivity index is 1.47. The third-order valence-electron chi connectivity index (χ3n) is 7.60. The zero-order chi connectivity index (χ0) is 21.3. The fraction of sp³-hybridized carbons (Fsp3) is 0.769. The third-order valence-corrected chi connectivity index (χ3v) is 8.16. The van der Waals surface area contributed by atoms with Crippen LogP contribution in [0.1, 0.15) is 102 Å². The highest BCUT2D eigenvalue weighted by Gasteiger charge is 2.32.